The van der Waals surface area contributed by atoms with E-state index >= 15 is 0 Å². The Hall–Kier alpha value is -0.290. The Labute approximate surface area is 59.5 Å². The van der Waals surface area contributed by atoms with Gasteiger partial charge in [0.05, 0.1) is 0 Å². The highest BCUT2D eigenvalue weighted by Gasteiger charge is 1.94. The number of rotatable bonds is 1. The lowest BCUT2D eigenvalue weighted by atomic mass is 10.8. The summed E-state index contributed by atoms with van der Waals surface area (Å²) in [6.07, 6.45) is 6.53. The Morgan fingerprint density at radius 3 is 2.22 bits per heavy atom. The van der Waals surface area contributed by atoms with Gasteiger partial charge in [0.2, 0.25) is 0 Å². The van der Waals surface area contributed by atoms with Crippen LogP contribution >= 0.6 is 10.0 Å². The van der Waals surface area contributed by atoms with Crippen LogP contribution in [0.5, 0.6) is 0 Å². The van der Waals surface area contributed by atoms with Gasteiger partial charge in [-0.15, -0.1) is 0 Å². The van der Waals surface area contributed by atoms with E-state index in [1.165, 1.54) is 0 Å². The summed E-state index contributed by atoms with van der Waals surface area (Å²) in [5.74, 6) is 0. The summed E-state index contributed by atoms with van der Waals surface area (Å²) in [7, 11) is -0.620. The maximum absolute atomic E-state index is 3.14. The van der Waals surface area contributed by atoms with Gasteiger partial charge in [-0.1, -0.05) is 0 Å². The fraction of sp³-hybridized carbons (Fsp3) is 0.714. The van der Waals surface area contributed by atoms with Gasteiger partial charge < -0.3 is 5.32 Å². The summed E-state index contributed by atoms with van der Waals surface area (Å²) in [4.78, 5) is 0. The molecule has 2 heteroatoms. The van der Waals surface area contributed by atoms with Crippen molar-refractivity contribution in [2.45, 2.75) is 6.92 Å². The zero-order valence-electron chi connectivity index (χ0n) is 6.62. The molecule has 0 fully saturated rings. The van der Waals surface area contributed by atoms with Crippen LogP contribution in [0.4, 0.5) is 0 Å². The first kappa shape index (κ1) is 8.71. The van der Waals surface area contributed by atoms with Crippen molar-refractivity contribution in [3.63, 3.8) is 0 Å². The third kappa shape index (κ3) is 7.71. The maximum atomic E-state index is 3.14. The molecule has 54 valence electrons. The van der Waals surface area contributed by atoms with E-state index in [0.717, 1.165) is 6.54 Å². The van der Waals surface area contributed by atoms with Crippen LogP contribution in [-0.2, 0) is 0 Å². The van der Waals surface area contributed by atoms with Gasteiger partial charge in [0, 0.05) is 12.6 Å². The van der Waals surface area contributed by atoms with E-state index < -0.39 is 10.0 Å². The van der Waals surface area contributed by atoms with Gasteiger partial charge in [-0.05, 0) is 30.9 Å². The number of hydrogen-bond acceptors (Lipinski definition) is 1. The third-order valence-corrected chi connectivity index (χ3v) is 1.34. The molecule has 0 aliphatic heterocycles. The van der Waals surface area contributed by atoms with Crippen molar-refractivity contribution in [1.29, 1.82) is 0 Å². The molecule has 0 atom stereocenters. The molecule has 0 unspecified atom stereocenters. The fourth-order valence-corrected chi connectivity index (χ4v) is 0.656. The second-order valence-electron chi connectivity index (χ2n) is 2.59. The van der Waals surface area contributed by atoms with E-state index in [4.69, 9.17) is 0 Å². The minimum absolute atomic E-state index is 0.620. The Kier molecular flexibility index (Phi) is 3.56. The zero-order valence-corrected chi connectivity index (χ0v) is 7.43. The molecule has 0 aromatic carbocycles. The molecule has 0 amide bonds. The van der Waals surface area contributed by atoms with Crippen LogP contribution in [0.1, 0.15) is 6.92 Å². The second-order valence-corrected chi connectivity index (χ2v) is 6.47. The topological polar surface area (TPSA) is 12.0 Å². The number of hydrogen-bond donors (Lipinski definition) is 1. The average Bonchev–Trinajstić information content (AvgIpc) is 1.63. The molecule has 0 aliphatic rings. The smallest absolute Gasteiger partial charge is 0.0201 e. The van der Waals surface area contributed by atoms with Gasteiger partial charge in [0.25, 0.3) is 0 Å². The van der Waals surface area contributed by atoms with Crippen LogP contribution in [0, 0.1) is 11.3 Å². The van der Waals surface area contributed by atoms with Gasteiger partial charge >= 0.3 is 0 Å². The summed E-state index contributed by atoms with van der Waals surface area (Å²) in [6, 6.07) is 2.91. The van der Waals surface area contributed by atoms with Crippen molar-refractivity contribution >= 4 is 10.0 Å². The molecule has 0 saturated carbocycles. The first-order valence-electron chi connectivity index (χ1n) is 2.99. The van der Waals surface area contributed by atoms with Crippen molar-refractivity contribution in [3.8, 4) is 11.3 Å². The molecule has 0 aromatic rings. The molecule has 0 spiro atoms. The summed E-state index contributed by atoms with van der Waals surface area (Å²) in [5, 5.41) is 6.11. The Morgan fingerprint density at radius 1 is 1.33 bits per heavy atom. The van der Waals surface area contributed by atoms with Crippen LogP contribution in [0.25, 0.3) is 0 Å². The molecule has 0 radical (unpaired) electrons. The highest BCUT2D eigenvalue weighted by molar-refractivity contribution is 8.35. The summed E-state index contributed by atoms with van der Waals surface area (Å²) >= 11 is 0. The average molecular weight is 145 g/mol. The van der Waals surface area contributed by atoms with Crippen LogP contribution in [0.15, 0.2) is 0 Å². The molecule has 0 rings (SSSR count). The maximum Gasteiger partial charge on any atom is 0.0201 e. The van der Waals surface area contributed by atoms with E-state index in [-0.39, 0.29) is 0 Å². The SMILES string of the molecule is CCNC#CS(C)(C)C. The lowest BCUT2D eigenvalue weighted by molar-refractivity contribution is 0.953. The van der Waals surface area contributed by atoms with Gasteiger partial charge in [-0.3, -0.25) is 0 Å². The molecule has 1 nitrogen and oxygen atoms in total. The predicted molar refractivity (Wildman–Crippen MR) is 46.8 cm³/mol. The first-order chi connectivity index (χ1) is 4.06. The Balaban J connectivity index is 3.59. The van der Waals surface area contributed by atoms with Crippen LogP contribution < -0.4 is 5.32 Å². The van der Waals surface area contributed by atoms with Gasteiger partial charge in [-0.2, -0.15) is 10.0 Å². The molecule has 0 saturated heterocycles. The van der Waals surface area contributed by atoms with Crippen molar-refractivity contribution in [1.82, 2.24) is 5.32 Å². The highest BCUT2D eigenvalue weighted by Crippen LogP contribution is 2.31. The third-order valence-electron chi connectivity index (χ3n) is 0.622. The molecular formula is C7H15NS. The lowest BCUT2D eigenvalue weighted by Gasteiger charge is -2.14. The van der Waals surface area contributed by atoms with Crippen molar-refractivity contribution in [2.24, 2.45) is 0 Å². The molecular weight excluding hydrogens is 130 g/mol. The molecule has 1 N–H and O–H groups in total. The molecule has 0 aromatic heterocycles. The monoisotopic (exact) mass is 145 g/mol. The van der Waals surface area contributed by atoms with Crippen molar-refractivity contribution < 1.29 is 0 Å². The van der Waals surface area contributed by atoms with Crippen LogP contribution in [0.2, 0.25) is 0 Å². The molecule has 0 aliphatic carbocycles. The van der Waals surface area contributed by atoms with E-state index in [2.05, 4.69) is 35.4 Å². The summed E-state index contributed by atoms with van der Waals surface area (Å²) in [5.41, 5.74) is 0. The van der Waals surface area contributed by atoms with E-state index in [9.17, 15) is 0 Å². The fourth-order valence-electron chi connectivity index (χ4n) is 0.278. The largest absolute Gasteiger partial charge is 0.346 e. The van der Waals surface area contributed by atoms with Crippen LogP contribution in [0.3, 0.4) is 0 Å². The number of nitrogens with one attached hydrogen (secondary N) is 1. The predicted octanol–water partition coefficient (Wildman–Crippen LogP) is 1.21. The van der Waals surface area contributed by atoms with Crippen molar-refractivity contribution in [3.05, 3.63) is 0 Å². The van der Waals surface area contributed by atoms with E-state index in [1.54, 1.807) is 0 Å². The second kappa shape index (κ2) is 3.68. The minimum Gasteiger partial charge on any atom is -0.346 e. The zero-order chi connectivity index (χ0) is 7.33. The van der Waals surface area contributed by atoms with Gasteiger partial charge in [0.15, 0.2) is 0 Å². The Morgan fingerprint density at radius 2 is 1.89 bits per heavy atom. The minimum atomic E-state index is -0.620. The summed E-state index contributed by atoms with van der Waals surface area (Å²) < 4.78 is 0. The lowest BCUT2D eigenvalue weighted by Crippen LogP contribution is -2.03. The molecule has 0 bridgehead atoms. The highest BCUT2D eigenvalue weighted by atomic mass is 32.3. The van der Waals surface area contributed by atoms with Crippen LogP contribution in [-0.4, -0.2) is 25.3 Å². The molecule has 0 heterocycles. The molecule has 9 heavy (non-hydrogen) atoms. The normalized spacial score (nSPS) is 11.6. The van der Waals surface area contributed by atoms with Gasteiger partial charge in [-0.25, -0.2) is 0 Å². The standard InChI is InChI=1S/C7H15NS/c1-5-8-6-7-9(2,3)4/h8H,5H2,1-4H3. The van der Waals surface area contributed by atoms with Gasteiger partial charge in [0.1, 0.15) is 0 Å². The van der Waals surface area contributed by atoms with E-state index in [0.29, 0.717) is 0 Å². The quantitative estimate of drug-likeness (QED) is 0.432. The Bertz CT molecular complexity index is 124. The summed E-state index contributed by atoms with van der Waals surface area (Å²) in [6.45, 7) is 2.98. The van der Waals surface area contributed by atoms with E-state index in [1.807, 2.05) is 6.92 Å². The first-order valence-corrected chi connectivity index (χ1v) is 5.85. The van der Waals surface area contributed by atoms with Crippen molar-refractivity contribution in [2.75, 3.05) is 25.3 Å².